The normalized spacial score (nSPS) is 21.5. The fraction of sp³-hybridized carbons (Fsp3) is 0.455. The van der Waals surface area contributed by atoms with E-state index in [0.717, 1.165) is 42.3 Å². The average molecular weight is 396 g/mol. The summed E-state index contributed by atoms with van der Waals surface area (Å²) in [4.78, 5) is 53.9. The van der Waals surface area contributed by atoms with Crippen molar-refractivity contribution in [1.82, 2.24) is 9.88 Å². The molecule has 2 fully saturated rings. The molecular weight excluding hydrogens is 372 g/mol. The number of aromatic nitrogens is 1. The first-order valence-corrected chi connectivity index (χ1v) is 10.1. The van der Waals surface area contributed by atoms with Gasteiger partial charge in [0.25, 0.3) is 0 Å². The Morgan fingerprint density at radius 2 is 1.76 bits per heavy atom. The molecule has 1 aromatic carbocycles. The zero-order valence-electron chi connectivity index (χ0n) is 16.4. The third-order valence-corrected chi connectivity index (χ3v) is 6.01. The van der Waals surface area contributed by atoms with Crippen molar-refractivity contribution in [2.24, 2.45) is 11.8 Å². The van der Waals surface area contributed by atoms with E-state index in [1.807, 2.05) is 24.3 Å². The lowest BCUT2D eigenvalue weighted by Gasteiger charge is -2.19. The quantitative estimate of drug-likeness (QED) is 0.460. The number of hydrogen-bond donors (Lipinski definition) is 1. The van der Waals surface area contributed by atoms with E-state index in [4.69, 9.17) is 4.74 Å². The molecule has 0 unspecified atom stereocenters. The molecule has 7 heteroatoms. The van der Waals surface area contributed by atoms with Crippen molar-refractivity contribution in [3.05, 3.63) is 35.5 Å². The monoisotopic (exact) mass is 396 g/mol. The van der Waals surface area contributed by atoms with E-state index in [1.165, 1.54) is 4.90 Å². The van der Waals surface area contributed by atoms with E-state index in [1.54, 1.807) is 6.92 Å². The number of likely N-dealkylation sites (tertiary alicyclic amines) is 1. The third-order valence-electron chi connectivity index (χ3n) is 6.01. The Bertz CT molecular complexity index is 968. The number of benzene rings is 1. The van der Waals surface area contributed by atoms with Crippen LogP contribution in [-0.4, -0.2) is 46.6 Å². The summed E-state index contributed by atoms with van der Waals surface area (Å²) >= 11 is 0. The van der Waals surface area contributed by atoms with Gasteiger partial charge in [0.1, 0.15) is 0 Å². The second kappa shape index (κ2) is 7.81. The number of carbonyl (C=O) groups excluding carboxylic acids is 4. The number of H-pyrrole nitrogens is 1. The molecule has 0 radical (unpaired) electrons. The van der Waals surface area contributed by atoms with Gasteiger partial charge in [-0.3, -0.25) is 24.1 Å². The number of Topliss-reactive ketones (excluding diaryl/α,β-unsaturated/α-hetero) is 1. The van der Waals surface area contributed by atoms with Gasteiger partial charge in [-0.1, -0.05) is 31.0 Å². The number of para-hydroxylation sites is 1. The van der Waals surface area contributed by atoms with Crippen LogP contribution in [0.4, 0.5) is 0 Å². The smallest absolute Gasteiger partial charge is 0.308 e. The Morgan fingerprint density at radius 1 is 1.10 bits per heavy atom. The molecule has 29 heavy (non-hydrogen) atoms. The van der Waals surface area contributed by atoms with Crippen LogP contribution in [0, 0.1) is 18.8 Å². The molecule has 7 nitrogen and oxygen atoms in total. The van der Waals surface area contributed by atoms with Gasteiger partial charge in [-0.15, -0.1) is 0 Å². The van der Waals surface area contributed by atoms with Crippen LogP contribution in [0.2, 0.25) is 0 Å². The van der Waals surface area contributed by atoms with Crippen molar-refractivity contribution < 1.29 is 23.9 Å². The number of nitrogens with zero attached hydrogens (tertiary/aromatic N) is 1. The van der Waals surface area contributed by atoms with Gasteiger partial charge in [0.15, 0.2) is 6.61 Å². The predicted molar refractivity (Wildman–Crippen MR) is 105 cm³/mol. The number of aromatic amines is 1. The van der Waals surface area contributed by atoms with Crippen molar-refractivity contribution in [3.8, 4) is 0 Å². The molecule has 2 amide bonds. The number of hydrogen-bond acceptors (Lipinski definition) is 5. The summed E-state index contributed by atoms with van der Waals surface area (Å²) in [5.41, 5.74) is 2.10. The molecule has 1 N–H and O–H groups in total. The molecule has 1 aliphatic heterocycles. The highest BCUT2D eigenvalue weighted by molar-refractivity contribution is 6.10. The number of aryl methyl sites for hydroxylation is 1. The molecule has 1 aromatic heterocycles. The molecule has 0 bridgehead atoms. The van der Waals surface area contributed by atoms with E-state index >= 15 is 0 Å². The number of imide groups is 1. The second-order valence-corrected chi connectivity index (χ2v) is 7.83. The highest BCUT2D eigenvalue weighted by atomic mass is 16.5. The van der Waals surface area contributed by atoms with Crippen LogP contribution < -0.4 is 0 Å². The summed E-state index contributed by atoms with van der Waals surface area (Å²) in [6, 6.07) is 7.45. The van der Waals surface area contributed by atoms with Crippen LogP contribution in [0.5, 0.6) is 0 Å². The molecular formula is C22H24N2O5. The first-order chi connectivity index (χ1) is 14.0. The number of rotatable bonds is 6. The summed E-state index contributed by atoms with van der Waals surface area (Å²) < 4.78 is 5.13. The third kappa shape index (κ3) is 3.57. The molecule has 2 atom stereocenters. The van der Waals surface area contributed by atoms with Crippen molar-refractivity contribution >= 4 is 34.5 Å². The topological polar surface area (TPSA) is 96.5 Å². The standard InChI is InChI=1S/C22H24N2O5/c1-13-20(16-8-4-5-9-17(16)23-13)18(25)12-29-19(26)10-11-24-21(27)14-6-2-3-7-15(14)22(24)28/h4-5,8-9,14-15,23H,2-3,6-7,10-12H2,1H3/t14-,15+. The van der Waals surface area contributed by atoms with E-state index in [2.05, 4.69) is 4.98 Å². The van der Waals surface area contributed by atoms with E-state index in [-0.39, 0.29) is 49.0 Å². The zero-order chi connectivity index (χ0) is 20.5. The summed E-state index contributed by atoms with van der Waals surface area (Å²) in [5, 5.41) is 0.793. The lowest BCUT2D eigenvalue weighted by Crippen LogP contribution is -2.33. The van der Waals surface area contributed by atoms with Crippen LogP contribution in [0.1, 0.15) is 48.2 Å². The van der Waals surface area contributed by atoms with Crippen LogP contribution in [0.3, 0.4) is 0 Å². The molecule has 2 aliphatic rings. The van der Waals surface area contributed by atoms with E-state index in [9.17, 15) is 19.2 Å². The average Bonchev–Trinajstić information content (AvgIpc) is 3.18. The van der Waals surface area contributed by atoms with Crippen LogP contribution in [0.25, 0.3) is 10.9 Å². The maximum absolute atomic E-state index is 12.6. The Kier molecular flexibility index (Phi) is 5.22. The van der Waals surface area contributed by atoms with Crippen LogP contribution >= 0.6 is 0 Å². The van der Waals surface area contributed by atoms with E-state index in [0.29, 0.717) is 5.56 Å². The van der Waals surface area contributed by atoms with Gasteiger partial charge >= 0.3 is 5.97 Å². The van der Waals surface area contributed by atoms with Gasteiger partial charge < -0.3 is 9.72 Å². The Balaban J connectivity index is 1.32. The number of ether oxygens (including phenoxy) is 1. The van der Waals surface area contributed by atoms with Gasteiger partial charge in [-0.05, 0) is 25.8 Å². The lowest BCUT2D eigenvalue weighted by atomic mass is 9.81. The summed E-state index contributed by atoms with van der Waals surface area (Å²) in [5.74, 6) is -1.66. The van der Waals surface area contributed by atoms with Gasteiger partial charge in [0.05, 0.1) is 18.3 Å². The minimum atomic E-state index is -0.591. The zero-order valence-corrected chi connectivity index (χ0v) is 16.4. The lowest BCUT2D eigenvalue weighted by molar-refractivity contribution is -0.145. The van der Waals surface area contributed by atoms with Gasteiger partial charge in [-0.25, -0.2) is 0 Å². The second-order valence-electron chi connectivity index (χ2n) is 7.83. The van der Waals surface area contributed by atoms with Crippen molar-refractivity contribution in [1.29, 1.82) is 0 Å². The number of carbonyl (C=O) groups is 4. The van der Waals surface area contributed by atoms with Crippen molar-refractivity contribution in [3.63, 3.8) is 0 Å². The molecule has 2 heterocycles. The Morgan fingerprint density at radius 3 is 2.45 bits per heavy atom. The number of fused-ring (bicyclic) bond motifs is 2. The van der Waals surface area contributed by atoms with Gasteiger partial charge in [0.2, 0.25) is 17.6 Å². The molecule has 4 rings (SSSR count). The Labute approximate surface area is 168 Å². The van der Waals surface area contributed by atoms with Crippen LogP contribution in [0.15, 0.2) is 24.3 Å². The van der Waals surface area contributed by atoms with E-state index < -0.39 is 5.97 Å². The molecule has 1 saturated heterocycles. The van der Waals surface area contributed by atoms with Crippen molar-refractivity contribution in [2.75, 3.05) is 13.2 Å². The first-order valence-electron chi connectivity index (χ1n) is 10.1. The molecule has 1 saturated carbocycles. The fourth-order valence-electron chi connectivity index (χ4n) is 4.58. The van der Waals surface area contributed by atoms with Gasteiger partial charge in [-0.2, -0.15) is 0 Å². The first kappa shape index (κ1) is 19.4. The summed E-state index contributed by atoms with van der Waals surface area (Å²) in [6.45, 7) is 1.46. The van der Waals surface area contributed by atoms with Crippen molar-refractivity contribution in [2.45, 2.75) is 39.0 Å². The summed E-state index contributed by atoms with van der Waals surface area (Å²) in [7, 11) is 0. The van der Waals surface area contributed by atoms with Crippen LogP contribution in [-0.2, 0) is 19.1 Å². The van der Waals surface area contributed by atoms with Gasteiger partial charge in [0, 0.05) is 28.7 Å². The minimum absolute atomic E-state index is 0.0177. The molecule has 152 valence electrons. The predicted octanol–water partition coefficient (Wildman–Crippen LogP) is 2.77. The minimum Gasteiger partial charge on any atom is -0.457 e. The maximum Gasteiger partial charge on any atom is 0.308 e. The highest BCUT2D eigenvalue weighted by Crippen LogP contribution is 2.38. The maximum atomic E-state index is 12.6. The Hall–Kier alpha value is -2.96. The molecule has 1 aliphatic carbocycles. The number of esters is 1. The number of ketones is 1. The summed E-state index contributed by atoms with van der Waals surface area (Å²) in [6.07, 6.45) is 3.32. The SMILES string of the molecule is Cc1[nH]c2ccccc2c1C(=O)COC(=O)CCN1C(=O)[C@H]2CCCC[C@H]2C1=O. The number of amides is 2. The largest absolute Gasteiger partial charge is 0.457 e. The number of nitrogens with one attached hydrogen (secondary N) is 1. The molecule has 0 spiro atoms. The molecule has 2 aromatic rings. The fourth-order valence-corrected chi connectivity index (χ4v) is 4.58. The highest BCUT2D eigenvalue weighted by Gasteiger charge is 2.47.